The molecule has 1 aromatic carbocycles. The summed E-state index contributed by atoms with van der Waals surface area (Å²) in [7, 11) is 0. The summed E-state index contributed by atoms with van der Waals surface area (Å²) in [5, 5.41) is 8.86. The molecule has 0 bridgehead atoms. The molecular weight excluding hydrogens is 362 g/mol. The summed E-state index contributed by atoms with van der Waals surface area (Å²) >= 11 is 0. The molecule has 0 spiro atoms. The number of rotatable bonds is 6. The van der Waals surface area contributed by atoms with Crippen molar-refractivity contribution in [3.63, 3.8) is 0 Å². The van der Waals surface area contributed by atoms with Gasteiger partial charge in [0.05, 0.1) is 24.3 Å². The Morgan fingerprint density at radius 1 is 1.25 bits per heavy atom. The second-order valence-corrected chi connectivity index (χ2v) is 8.01. The maximum Gasteiger partial charge on any atom is 0.414 e. The van der Waals surface area contributed by atoms with Crippen molar-refractivity contribution in [2.75, 3.05) is 37.7 Å². The number of amides is 1. The molecule has 150 valence electrons. The average molecular weight is 387 g/mol. The third kappa shape index (κ3) is 5.21. The number of carbonyl (C=O) groups is 2. The Labute approximate surface area is 164 Å². The van der Waals surface area contributed by atoms with Gasteiger partial charge in [0.25, 0.3) is 0 Å². The molecule has 8 nitrogen and oxygen atoms in total. The van der Waals surface area contributed by atoms with Gasteiger partial charge in [0.15, 0.2) is 0 Å². The standard InChI is InChI=1S/C20H25N3O5/c1-20(2,3)28-18(24)13-26-16-9-22(10-16)11-17-12-23(19(25)27-17)15-6-4-14(8-21)5-7-15/h4-7,16-17H,9-13H2,1-3H3. The SMILES string of the molecule is CC(C)(C)OC(=O)COC1CN(CC2CN(c3ccc(C#N)cc3)C(=O)O2)C1. The van der Waals surface area contributed by atoms with E-state index in [-0.39, 0.29) is 30.9 Å². The van der Waals surface area contributed by atoms with Crippen LogP contribution < -0.4 is 4.90 Å². The summed E-state index contributed by atoms with van der Waals surface area (Å²) < 4.78 is 16.2. The Bertz CT molecular complexity index is 760. The molecule has 1 atom stereocenters. The maximum atomic E-state index is 12.1. The Morgan fingerprint density at radius 3 is 2.54 bits per heavy atom. The molecule has 0 saturated carbocycles. The highest BCUT2D eigenvalue weighted by atomic mass is 16.6. The zero-order valence-corrected chi connectivity index (χ0v) is 16.4. The predicted octanol–water partition coefficient (Wildman–Crippen LogP) is 1.93. The lowest BCUT2D eigenvalue weighted by molar-refractivity contribution is -0.166. The van der Waals surface area contributed by atoms with E-state index in [9.17, 15) is 9.59 Å². The number of esters is 1. The smallest absolute Gasteiger partial charge is 0.414 e. The normalized spacial score (nSPS) is 20.4. The Hall–Kier alpha value is -2.63. The van der Waals surface area contributed by atoms with Crippen LogP contribution in [0.5, 0.6) is 0 Å². The fourth-order valence-corrected chi connectivity index (χ4v) is 3.17. The van der Waals surface area contributed by atoms with Crippen LogP contribution in [0.15, 0.2) is 24.3 Å². The molecule has 0 radical (unpaired) electrons. The topological polar surface area (TPSA) is 92.1 Å². The monoisotopic (exact) mass is 387 g/mol. The molecule has 2 saturated heterocycles. The van der Waals surface area contributed by atoms with Crippen LogP contribution in [0.1, 0.15) is 26.3 Å². The van der Waals surface area contributed by atoms with Gasteiger partial charge in [-0.25, -0.2) is 9.59 Å². The first-order valence-corrected chi connectivity index (χ1v) is 9.27. The van der Waals surface area contributed by atoms with Gasteiger partial charge < -0.3 is 14.2 Å². The summed E-state index contributed by atoms with van der Waals surface area (Å²) in [5.41, 5.74) is 0.749. The molecule has 0 aromatic heterocycles. The van der Waals surface area contributed by atoms with E-state index in [4.69, 9.17) is 19.5 Å². The van der Waals surface area contributed by atoms with Crippen LogP contribution in [-0.4, -0.2) is 67.6 Å². The molecule has 1 amide bonds. The molecule has 0 N–H and O–H groups in total. The van der Waals surface area contributed by atoms with E-state index in [1.165, 1.54) is 0 Å². The van der Waals surface area contributed by atoms with E-state index in [1.54, 1.807) is 29.2 Å². The van der Waals surface area contributed by atoms with Crippen LogP contribution in [0.4, 0.5) is 10.5 Å². The second kappa shape index (κ2) is 8.17. The molecule has 0 aliphatic carbocycles. The fraction of sp³-hybridized carbons (Fsp3) is 0.550. The van der Waals surface area contributed by atoms with Crippen LogP contribution in [0.2, 0.25) is 0 Å². The van der Waals surface area contributed by atoms with Gasteiger partial charge >= 0.3 is 12.1 Å². The first-order chi connectivity index (χ1) is 13.2. The summed E-state index contributed by atoms with van der Waals surface area (Å²) in [6.07, 6.45) is -0.623. The first-order valence-electron chi connectivity index (χ1n) is 9.27. The van der Waals surface area contributed by atoms with Crippen molar-refractivity contribution in [2.24, 2.45) is 0 Å². The number of carbonyl (C=O) groups excluding carboxylic acids is 2. The summed E-state index contributed by atoms with van der Waals surface area (Å²) in [5.74, 6) is -0.367. The summed E-state index contributed by atoms with van der Waals surface area (Å²) in [4.78, 5) is 27.5. The van der Waals surface area contributed by atoms with Gasteiger partial charge in [0.1, 0.15) is 18.3 Å². The van der Waals surface area contributed by atoms with Crippen LogP contribution in [0.3, 0.4) is 0 Å². The third-order valence-corrected chi connectivity index (χ3v) is 4.42. The molecule has 2 fully saturated rings. The van der Waals surface area contributed by atoms with E-state index < -0.39 is 5.60 Å². The molecule has 8 heteroatoms. The van der Waals surface area contributed by atoms with Crippen molar-refractivity contribution in [1.29, 1.82) is 5.26 Å². The number of anilines is 1. The minimum absolute atomic E-state index is 0.0146. The van der Waals surface area contributed by atoms with Gasteiger partial charge in [-0.05, 0) is 45.0 Å². The van der Waals surface area contributed by atoms with Crippen LogP contribution in [0.25, 0.3) is 0 Å². The highest BCUT2D eigenvalue weighted by molar-refractivity contribution is 5.89. The van der Waals surface area contributed by atoms with Crippen LogP contribution >= 0.6 is 0 Å². The maximum absolute atomic E-state index is 12.1. The Balaban J connectivity index is 1.39. The van der Waals surface area contributed by atoms with Crippen molar-refractivity contribution < 1.29 is 23.8 Å². The number of nitrogens with zero attached hydrogens (tertiary/aromatic N) is 3. The Kier molecular flexibility index (Phi) is 5.87. The third-order valence-electron chi connectivity index (χ3n) is 4.42. The van der Waals surface area contributed by atoms with E-state index in [2.05, 4.69) is 11.0 Å². The summed E-state index contributed by atoms with van der Waals surface area (Å²) in [6, 6.07) is 8.90. The fourth-order valence-electron chi connectivity index (χ4n) is 3.17. The van der Waals surface area contributed by atoms with E-state index in [0.717, 1.165) is 0 Å². The number of benzene rings is 1. The number of cyclic esters (lactones) is 1. The van der Waals surface area contributed by atoms with Crippen LogP contribution in [0, 0.1) is 11.3 Å². The predicted molar refractivity (Wildman–Crippen MR) is 101 cm³/mol. The number of hydrogen-bond donors (Lipinski definition) is 0. The lowest BCUT2D eigenvalue weighted by Crippen LogP contribution is -2.55. The van der Waals surface area contributed by atoms with Gasteiger partial charge in [-0.2, -0.15) is 5.26 Å². The number of hydrogen-bond acceptors (Lipinski definition) is 7. The highest BCUT2D eigenvalue weighted by Crippen LogP contribution is 2.24. The van der Waals surface area contributed by atoms with Crippen molar-refractivity contribution in [2.45, 2.75) is 38.6 Å². The molecule has 1 aromatic rings. The zero-order chi connectivity index (χ0) is 20.3. The molecule has 2 aliphatic heterocycles. The van der Waals surface area contributed by atoms with E-state index in [0.29, 0.717) is 37.4 Å². The summed E-state index contributed by atoms with van der Waals surface area (Å²) in [6.45, 7) is 7.86. The van der Waals surface area contributed by atoms with Crippen LogP contribution in [-0.2, 0) is 19.0 Å². The largest absolute Gasteiger partial charge is 0.458 e. The minimum atomic E-state index is -0.515. The van der Waals surface area contributed by atoms with Gasteiger partial charge in [0.2, 0.25) is 0 Å². The molecule has 1 unspecified atom stereocenters. The molecular formula is C20H25N3O5. The Morgan fingerprint density at radius 2 is 1.93 bits per heavy atom. The second-order valence-electron chi connectivity index (χ2n) is 8.01. The van der Waals surface area contributed by atoms with Crippen molar-refractivity contribution >= 4 is 17.7 Å². The van der Waals surface area contributed by atoms with Gasteiger partial charge in [-0.3, -0.25) is 9.80 Å². The molecule has 28 heavy (non-hydrogen) atoms. The van der Waals surface area contributed by atoms with Gasteiger partial charge in [0, 0.05) is 25.3 Å². The number of nitriles is 1. The van der Waals surface area contributed by atoms with E-state index >= 15 is 0 Å². The van der Waals surface area contributed by atoms with Crippen molar-refractivity contribution in [3.05, 3.63) is 29.8 Å². The lowest BCUT2D eigenvalue weighted by atomic mass is 10.1. The van der Waals surface area contributed by atoms with E-state index in [1.807, 2.05) is 20.8 Å². The minimum Gasteiger partial charge on any atom is -0.458 e. The van der Waals surface area contributed by atoms with Crippen molar-refractivity contribution in [1.82, 2.24) is 4.90 Å². The molecule has 3 rings (SSSR count). The van der Waals surface area contributed by atoms with Crippen molar-refractivity contribution in [3.8, 4) is 6.07 Å². The quantitative estimate of drug-likeness (QED) is 0.689. The zero-order valence-electron chi connectivity index (χ0n) is 16.4. The molecule has 2 aliphatic rings. The number of likely N-dealkylation sites (tertiary alicyclic amines) is 1. The highest BCUT2D eigenvalue weighted by Gasteiger charge is 2.37. The first kappa shape index (κ1) is 20.1. The lowest BCUT2D eigenvalue weighted by Gasteiger charge is -2.39. The number of ether oxygens (including phenoxy) is 3. The van der Waals surface area contributed by atoms with Gasteiger partial charge in [-0.15, -0.1) is 0 Å². The molecule has 2 heterocycles. The average Bonchev–Trinajstić information content (AvgIpc) is 2.95. The van der Waals surface area contributed by atoms with Gasteiger partial charge in [-0.1, -0.05) is 0 Å².